The van der Waals surface area contributed by atoms with Gasteiger partial charge in [0.1, 0.15) is 0 Å². The Balaban J connectivity index is 2.32. The first kappa shape index (κ1) is 17.9. The van der Waals surface area contributed by atoms with Crippen molar-refractivity contribution in [1.29, 1.82) is 0 Å². The normalized spacial score (nSPS) is 20.2. The quantitative estimate of drug-likeness (QED) is 0.339. The molecule has 118 valence electrons. The van der Waals surface area contributed by atoms with E-state index < -0.39 is 0 Å². The van der Waals surface area contributed by atoms with Crippen molar-refractivity contribution in [2.24, 2.45) is 5.92 Å². The number of aliphatic hydroxyl groups is 1. The topological polar surface area (TPSA) is 37.3 Å². The van der Waals surface area contributed by atoms with Gasteiger partial charge in [0, 0.05) is 18.1 Å². The van der Waals surface area contributed by atoms with E-state index >= 15 is 0 Å². The molecule has 1 aliphatic carbocycles. The molecule has 0 saturated heterocycles. The zero-order valence-electron chi connectivity index (χ0n) is 13.4. The molecule has 21 heavy (non-hydrogen) atoms. The summed E-state index contributed by atoms with van der Waals surface area (Å²) in [5, 5.41) is 8.72. The largest absolute Gasteiger partial charge is 0.396 e. The Morgan fingerprint density at radius 1 is 1.10 bits per heavy atom. The lowest BCUT2D eigenvalue weighted by Crippen LogP contribution is -2.02. The predicted octanol–water partition coefficient (Wildman–Crippen LogP) is 4.75. The molecule has 1 atom stereocenters. The Hall–Kier alpha value is -1.15. The monoisotopic (exact) mass is 290 g/mol. The Bertz CT molecular complexity index is 377. The second-order valence-corrected chi connectivity index (χ2v) is 5.77. The van der Waals surface area contributed by atoms with Crippen molar-refractivity contribution in [2.75, 3.05) is 6.61 Å². The summed E-state index contributed by atoms with van der Waals surface area (Å²) in [6.07, 6.45) is 20.1. The van der Waals surface area contributed by atoms with Crippen molar-refractivity contribution in [2.45, 2.75) is 64.7 Å². The summed E-state index contributed by atoms with van der Waals surface area (Å²) in [5.41, 5.74) is 0.992. The van der Waals surface area contributed by atoms with E-state index in [1.54, 1.807) is 6.08 Å². The van der Waals surface area contributed by atoms with E-state index in [1.165, 1.54) is 25.7 Å². The highest BCUT2D eigenvalue weighted by atomic mass is 16.2. The van der Waals surface area contributed by atoms with E-state index in [-0.39, 0.29) is 18.3 Å². The number of allylic oxidation sites excluding steroid dienone is 6. The molecule has 0 fully saturated rings. The standard InChI is InChI=1S/C19H30O2/c1-2-3-4-6-10-13-18-17(14-15-19(18)21)12-9-7-5-8-11-16-20/h7,9,13-15,17,20H,2-6,8,10-12,16H2,1H3. The van der Waals surface area contributed by atoms with Crippen molar-refractivity contribution >= 4 is 5.78 Å². The molecule has 0 aromatic heterocycles. The maximum absolute atomic E-state index is 11.9. The lowest BCUT2D eigenvalue weighted by Gasteiger charge is -2.07. The van der Waals surface area contributed by atoms with Gasteiger partial charge in [-0.25, -0.2) is 0 Å². The number of carbonyl (C=O) groups is 1. The van der Waals surface area contributed by atoms with Crippen molar-refractivity contribution in [1.82, 2.24) is 0 Å². The predicted molar refractivity (Wildman–Crippen MR) is 89.2 cm³/mol. The molecule has 2 heteroatoms. The van der Waals surface area contributed by atoms with Gasteiger partial charge in [-0.15, -0.1) is 0 Å². The second kappa shape index (κ2) is 11.5. The Kier molecular flexibility index (Phi) is 9.81. The number of hydrogen-bond acceptors (Lipinski definition) is 2. The summed E-state index contributed by atoms with van der Waals surface area (Å²) >= 11 is 0. The highest BCUT2D eigenvalue weighted by molar-refractivity contribution is 6.07. The van der Waals surface area contributed by atoms with Crippen LogP contribution in [0.15, 0.2) is 36.0 Å². The summed E-state index contributed by atoms with van der Waals surface area (Å²) < 4.78 is 0. The van der Waals surface area contributed by atoms with Crippen molar-refractivity contribution in [3.05, 3.63) is 36.0 Å². The van der Waals surface area contributed by atoms with Gasteiger partial charge in [0.05, 0.1) is 0 Å². The van der Waals surface area contributed by atoms with Crippen LogP contribution in [0.25, 0.3) is 0 Å². The third-order valence-corrected chi connectivity index (χ3v) is 3.92. The highest BCUT2D eigenvalue weighted by Crippen LogP contribution is 2.26. The fourth-order valence-electron chi connectivity index (χ4n) is 2.61. The van der Waals surface area contributed by atoms with Crippen LogP contribution in [0.3, 0.4) is 0 Å². The highest BCUT2D eigenvalue weighted by Gasteiger charge is 2.21. The molecule has 0 aromatic carbocycles. The van der Waals surface area contributed by atoms with Gasteiger partial charge in [0.2, 0.25) is 0 Å². The molecule has 0 spiro atoms. The SMILES string of the molecule is CCCCCCC=C1C(=O)C=CC1CC=CCCCCO. The smallest absolute Gasteiger partial charge is 0.181 e. The van der Waals surface area contributed by atoms with E-state index in [0.717, 1.165) is 37.7 Å². The molecule has 0 heterocycles. The summed E-state index contributed by atoms with van der Waals surface area (Å²) in [4.78, 5) is 11.9. The van der Waals surface area contributed by atoms with Gasteiger partial charge < -0.3 is 5.11 Å². The molecule has 0 radical (unpaired) electrons. The van der Waals surface area contributed by atoms with Crippen LogP contribution in [0.4, 0.5) is 0 Å². The Labute approximate surface area is 129 Å². The third kappa shape index (κ3) is 7.42. The first-order chi connectivity index (χ1) is 10.3. The molecule has 1 unspecified atom stereocenters. The minimum absolute atomic E-state index is 0.198. The lowest BCUT2D eigenvalue weighted by molar-refractivity contribution is -0.111. The van der Waals surface area contributed by atoms with Gasteiger partial charge in [-0.05, 0) is 44.6 Å². The van der Waals surface area contributed by atoms with Crippen LogP contribution < -0.4 is 0 Å². The zero-order valence-corrected chi connectivity index (χ0v) is 13.4. The number of unbranched alkanes of at least 4 members (excludes halogenated alkanes) is 6. The number of ketones is 1. The van der Waals surface area contributed by atoms with Gasteiger partial charge in [0.15, 0.2) is 5.78 Å². The number of rotatable bonds is 11. The Morgan fingerprint density at radius 3 is 2.67 bits per heavy atom. The second-order valence-electron chi connectivity index (χ2n) is 5.77. The lowest BCUT2D eigenvalue weighted by atomic mass is 9.96. The molecule has 0 saturated carbocycles. The number of aliphatic hydroxyl groups excluding tert-OH is 1. The van der Waals surface area contributed by atoms with E-state index in [0.29, 0.717) is 0 Å². The van der Waals surface area contributed by atoms with Crippen LogP contribution >= 0.6 is 0 Å². The fraction of sp³-hybridized carbons (Fsp3) is 0.632. The molecule has 1 N–H and O–H groups in total. The van der Waals surface area contributed by atoms with Crippen molar-refractivity contribution < 1.29 is 9.90 Å². The molecular weight excluding hydrogens is 260 g/mol. The molecule has 1 rings (SSSR count). The van der Waals surface area contributed by atoms with Crippen LogP contribution in [0.5, 0.6) is 0 Å². The minimum atomic E-state index is 0.198. The van der Waals surface area contributed by atoms with Crippen LogP contribution in [-0.2, 0) is 4.79 Å². The van der Waals surface area contributed by atoms with E-state index in [2.05, 4.69) is 25.2 Å². The van der Waals surface area contributed by atoms with Crippen LogP contribution in [-0.4, -0.2) is 17.5 Å². The average Bonchev–Trinajstić information content (AvgIpc) is 2.83. The maximum Gasteiger partial charge on any atom is 0.181 e. The van der Waals surface area contributed by atoms with E-state index in [1.807, 2.05) is 6.08 Å². The van der Waals surface area contributed by atoms with Crippen LogP contribution in [0.1, 0.15) is 64.7 Å². The van der Waals surface area contributed by atoms with Crippen LogP contribution in [0, 0.1) is 5.92 Å². The maximum atomic E-state index is 11.9. The molecule has 0 aliphatic heterocycles. The van der Waals surface area contributed by atoms with Gasteiger partial charge in [-0.1, -0.05) is 50.5 Å². The first-order valence-electron chi connectivity index (χ1n) is 8.48. The number of hydrogen-bond donors (Lipinski definition) is 1. The van der Waals surface area contributed by atoms with Gasteiger partial charge in [-0.3, -0.25) is 4.79 Å². The fourth-order valence-corrected chi connectivity index (χ4v) is 2.61. The van der Waals surface area contributed by atoms with Crippen molar-refractivity contribution in [3.8, 4) is 0 Å². The van der Waals surface area contributed by atoms with E-state index in [4.69, 9.17) is 5.11 Å². The molecular formula is C19H30O2. The Morgan fingerprint density at radius 2 is 1.90 bits per heavy atom. The van der Waals surface area contributed by atoms with Gasteiger partial charge in [-0.2, -0.15) is 0 Å². The molecule has 2 nitrogen and oxygen atoms in total. The summed E-state index contributed by atoms with van der Waals surface area (Å²) in [7, 11) is 0. The summed E-state index contributed by atoms with van der Waals surface area (Å²) in [5.74, 6) is 0.474. The van der Waals surface area contributed by atoms with Crippen molar-refractivity contribution in [3.63, 3.8) is 0 Å². The number of carbonyl (C=O) groups excluding carboxylic acids is 1. The molecule has 1 aliphatic rings. The van der Waals surface area contributed by atoms with Gasteiger partial charge in [0.25, 0.3) is 0 Å². The minimum Gasteiger partial charge on any atom is -0.396 e. The molecule has 0 amide bonds. The summed E-state index contributed by atoms with van der Waals surface area (Å²) in [6, 6.07) is 0. The van der Waals surface area contributed by atoms with Gasteiger partial charge >= 0.3 is 0 Å². The summed E-state index contributed by atoms with van der Waals surface area (Å²) in [6.45, 7) is 2.49. The first-order valence-corrected chi connectivity index (χ1v) is 8.48. The zero-order chi connectivity index (χ0) is 15.3. The molecule has 0 aromatic rings. The third-order valence-electron chi connectivity index (χ3n) is 3.92. The van der Waals surface area contributed by atoms with Crippen LogP contribution in [0.2, 0.25) is 0 Å². The molecule has 0 bridgehead atoms. The van der Waals surface area contributed by atoms with E-state index in [9.17, 15) is 4.79 Å². The average molecular weight is 290 g/mol.